The van der Waals surface area contributed by atoms with E-state index in [1.165, 1.54) is 0 Å². The lowest BCUT2D eigenvalue weighted by molar-refractivity contribution is -0.138. The van der Waals surface area contributed by atoms with E-state index >= 15 is 0 Å². The Balaban J connectivity index is 3.93. The minimum atomic E-state index is -5.50. The van der Waals surface area contributed by atoms with Crippen LogP contribution >= 0.6 is 15.2 Å². The molecule has 0 saturated carbocycles. The van der Waals surface area contributed by atoms with Gasteiger partial charge in [-0.15, -0.1) is 0 Å². The lowest BCUT2D eigenvalue weighted by atomic mass is 10.3. The smallest absolute Gasteiger partial charge is 0.369 e. The van der Waals surface area contributed by atoms with Crippen molar-refractivity contribution in [3.05, 3.63) is 0 Å². The van der Waals surface area contributed by atoms with E-state index in [0.717, 1.165) is 0 Å². The number of rotatable bonds is 15. The molecule has 0 atom stereocenters. The number of amides is 1. The summed E-state index contributed by atoms with van der Waals surface area (Å²) in [6.07, 6.45) is -1.36. The number of aliphatic hydroxyl groups is 1. The lowest BCUT2D eigenvalue weighted by Crippen LogP contribution is -2.31. The molecular formula is C12H25NO12P2. The molecule has 0 aromatic rings. The van der Waals surface area contributed by atoms with Crippen LogP contribution in [-0.2, 0) is 28.2 Å². The van der Waals surface area contributed by atoms with Crippen LogP contribution in [0.5, 0.6) is 0 Å². The lowest BCUT2D eigenvalue weighted by Gasteiger charge is -2.29. The van der Waals surface area contributed by atoms with Gasteiger partial charge in [-0.3, -0.25) is 18.7 Å². The Labute approximate surface area is 155 Å². The number of hydrogen-bond acceptors (Lipinski definition) is 7. The molecule has 0 heterocycles. The zero-order chi connectivity index (χ0) is 21.1. The Bertz CT molecular complexity index is 549. The van der Waals surface area contributed by atoms with Gasteiger partial charge in [0.2, 0.25) is 5.91 Å². The van der Waals surface area contributed by atoms with Crippen LogP contribution in [0.1, 0.15) is 25.7 Å². The zero-order valence-corrected chi connectivity index (χ0v) is 16.2. The molecule has 160 valence electrons. The maximum atomic E-state index is 11.5. The van der Waals surface area contributed by atoms with Gasteiger partial charge in [-0.2, -0.15) is 0 Å². The van der Waals surface area contributed by atoms with Gasteiger partial charge in [0.15, 0.2) is 0 Å². The van der Waals surface area contributed by atoms with Gasteiger partial charge in [-0.25, -0.2) is 0 Å². The van der Waals surface area contributed by atoms with Crippen LogP contribution < -0.4 is 5.32 Å². The largest absolute Gasteiger partial charge is 0.481 e. The Morgan fingerprint density at radius 1 is 0.889 bits per heavy atom. The molecule has 0 spiro atoms. The predicted molar refractivity (Wildman–Crippen MR) is 89.8 cm³/mol. The SMILES string of the molecule is O=C(O)CCOCCOCCC(=O)NCCCC(O)(P(=O)(O)O)P(=O)(O)O. The van der Waals surface area contributed by atoms with Crippen molar-refractivity contribution in [3.63, 3.8) is 0 Å². The fourth-order valence-corrected chi connectivity index (χ4v) is 4.01. The topological polar surface area (TPSA) is 220 Å². The fraction of sp³-hybridized carbons (Fsp3) is 0.833. The number of aliphatic carboxylic acids is 1. The van der Waals surface area contributed by atoms with Gasteiger partial charge in [0.1, 0.15) is 0 Å². The minimum Gasteiger partial charge on any atom is -0.481 e. The highest BCUT2D eigenvalue weighted by molar-refractivity contribution is 7.72. The number of carboxylic acids is 1. The van der Waals surface area contributed by atoms with E-state index in [4.69, 9.17) is 34.2 Å². The second kappa shape index (κ2) is 11.8. The number of carbonyl (C=O) groups is 2. The van der Waals surface area contributed by atoms with Crippen LogP contribution in [0.3, 0.4) is 0 Å². The van der Waals surface area contributed by atoms with Gasteiger partial charge in [0.25, 0.3) is 5.08 Å². The van der Waals surface area contributed by atoms with Crippen molar-refractivity contribution in [3.8, 4) is 0 Å². The van der Waals surface area contributed by atoms with Crippen molar-refractivity contribution in [2.45, 2.75) is 30.8 Å². The molecule has 0 saturated heterocycles. The molecule has 7 N–H and O–H groups in total. The summed E-state index contributed by atoms with van der Waals surface area (Å²) in [6, 6.07) is 0. The van der Waals surface area contributed by atoms with E-state index in [9.17, 15) is 23.8 Å². The van der Waals surface area contributed by atoms with Gasteiger partial charge in [0, 0.05) is 19.4 Å². The predicted octanol–water partition coefficient (Wildman–Crippen LogP) is -1.22. The Kier molecular flexibility index (Phi) is 11.5. The van der Waals surface area contributed by atoms with Crippen LogP contribution in [0, 0.1) is 0 Å². The summed E-state index contributed by atoms with van der Waals surface area (Å²) in [5, 5.41) is 16.9. The van der Waals surface area contributed by atoms with E-state index in [1.807, 2.05) is 0 Å². The first-order valence-electron chi connectivity index (χ1n) is 7.79. The summed E-state index contributed by atoms with van der Waals surface area (Å²) < 4.78 is 32.3. The summed E-state index contributed by atoms with van der Waals surface area (Å²) in [5.74, 6) is -1.45. The second-order valence-electron chi connectivity index (χ2n) is 5.43. The third-order valence-electron chi connectivity index (χ3n) is 3.25. The van der Waals surface area contributed by atoms with E-state index < -0.39 is 38.6 Å². The fourth-order valence-electron chi connectivity index (χ4n) is 1.75. The van der Waals surface area contributed by atoms with Crippen LogP contribution in [0.4, 0.5) is 0 Å². The molecule has 0 aliphatic carbocycles. The third-order valence-corrected chi connectivity index (χ3v) is 7.13. The number of carboxylic acid groups (broad SMARTS) is 1. The van der Waals surface area contributed by atoms with Crippen LogP contribution in [0.2, 0.25) is 0 Å². The molecule has 1 amide bonds. The molecule has 15 heteroatoms. The normalized spacial score (nSPS) is 12.8. The number of nitrogens with one attached hydrogen (secondary N) is 1. The van der Waals surface area contributed by atoms with Gasteiger partial charge < -0.3 is 44.6 Å². The molecule has 0 fully saturated rings. The minimum absolute atomic E-state index is 0.0447. The van der Waals surface area contributed by atoms with Gasteiger partial charge in [-0.05, 0) is 6.42 Å². The highest BCUT2D eigenvalue weighted by Gasteiger charge is 2.58. The van der Waals surface area contributed by atoms with Crippen LogP contribution in [0.15, 0.2) is 0 Å². The van der Waals surface area contributed by atoms with Crippen molar-refractivity contribution >= 4 is 27.1 Å². The first kappa shape index (κ1) is 26.1. The monoisotopic (exact) mass is 437 g/mol. The van der Waals surface area contributed by atoms with E-state index in [1.54, 1.807) is 0 Å². The Morgan fingerprint density at radius 2 is 1.37 bits per heavy atom. The number of ether oxygens (including phenoxy) is 2. The molecule has 0 radical (unpaired) electrons. The maximum Gasteiger partial charge on any atom is 0.369 e. The van der Waals surface area contributed by atoms with E-state index in [0.29, 0.717) is 0 Å². The first-order valence-corrected chi connectivity index (χ1v) is 11.0. The quantitative estimate of drug-likeness (QED) is 0.118. The van der Waals surface area contributed by atoms with E-state index in [2.05, 4.69) is 5.32 Å². The van der Waals surface area contributed by atoms with Crippen LogP contribution in [0.25, 0.3) is 0 Å². The molecule has 27 heavy (non-hydrogen) atoms. The van der Waals surface area contributed by atoms with Crippen molar-refractivity contribution in [2.75, 3.05) is 33.0 Å². The number of carbonyl (C=O) groups excluding carboxylic acids is 1. The van der Waals surface area contributed by atoms with Crippen LogP contribution in [-0.4, -0.2) is 79.7 Å². The summed E-state index contributed by atoms with van der Waals surface area (Å²) in [5.41, 5.74) is 0. The second-order valence-corrected chi connectivity index (χ2v) is 9.44. The van der Waals surface area contributed by atoms with Crippen molar-refractivity contribution in [2.24, 2.45) is 0 Å². The molecule has 0 rings (SSSR count). The third kappa shape index (κ3) is 10.3. The molecule has 0 aromatic carbocycles. The molecular weight excluding hydrogens is 412 g/mol. The summed E-state index contributed by atoms with van der Waals surface area (Å²) >= 11 is 0. The van der Waals surface area contributed by atoms with Crippen molar-refractivity contribution in [1.29, 1.82) is 0 Å². The zero-order valence-electron chi connectivity index (χ0n) is 14.4. The summed E-state index contributed by atoms with van der Waals surface area (Å²) in [7, 11) is -11.0. The molecule has 0 bridgehead atoms. The number of hydrogen-bond donors (Lipinski definition) is 7. The van der Waals surface area contributed by atoms with Gasteiger partial charge in [-0.1, -0.05) is 0 Å². The highest BCUT2D eigenvalue weighted by Crippen LogP contribution is 2.69. The average Bonchev–Trinajstić information content (AvgIpc) is 2.51. The van der Waals surface area contributed by atoms with Gasteiger partial charge >= 0.3 is 21.2 Å². The Hall–Kier alpha value is -0.880. The first-order chi connectivity index (χ1) is 12.3. The molecule has 13 nitrogen and oxygen atoms in total. The maximum absolute atomic E-state index is 11.5. The summed E-state index contributed by atoms with van der Waals surface area (Å²) in [6.45, 7) is 0.250. The standard InChI is InChI=1S/C12H25NO12P2/c14-10(2-6-24-8-9-25-7-3-11(15)16)13-5-1-4-12(17,26(18,19)20)27(21,22)23/h17H,1-9H2,(H,13,14)(H,15,16)(H2,18,19,20)(H2,21,22,23). The molecule has 0 unspecified atom stereocenters. The molecule has 0 aliphatic rings. The average molecular weight is 437 g/mol. The molecule has 0 aliphatic heterocycles. The van der Waals surface area contributed by atoms with Gasteiger partial charge in [0.05, 0.1) is 32.8 Å². The van der Waals surface area contributed by atoms with E-state index in [-0.39, 0.29) is 52.2 Å². The highest BCUT2D eigenvalue weighted by atomic mass is 31.2. The molecule has 0 aromatic heterocycles. The Morgan fingerprint density at radius 3 is 1.81 bits per heavy atom. The van der Waals surface area contributed by atoms with Crippen molar-refractivity contribution < 1.29 is 58.0 Å². The van der Waals surface area contributed by atoms with Crippen molar-refractivity contribution in [1.82, 2.24) is 5.32 Å². The summed E-state index contributed by atoms with van der Waals surface area (Å²) in [4.78, 5) is 57.6.